The lowest BCUT2D eigenvalue weighted by atomic mass is 9.64. The molecule has 0 heterocycles. The van der Waals surface area contributed by atoms with Crippen LogP contribution in [0.4, 0.5) is 0 Å². The van der Waals surface area contributed by atoms with Gasteiger partial charge in [-0.1, -0.05) is 81.3 Å². The highest BCUT2D eigenvalue weighted by molar-refractivity contribution is 5.93. The normalized spacial score (nSPS) is 14.8. The van der Waals surface area contributed by atoms with Gasteiger partial charge < -0.3 is 14.8 Å². The first-order chi connectivity index (χ1) is 16.5. The minimum absolute atomic E-state index is 0.0949. The van der Waals surface area contributed by atoms with Gasteiger partial charge in [-0.05, 0) is 42.0 Å². The molecule has 0 radical (unpaired) electrons. The molecule has 0 aromatic rings. The maximum absolute atomic E-state index is 13.7. The van der Waals surface area contributed by atoms with Gasteiger partial charge in [0, 0.05) is 28.8 Å². The zero-order valence-corrected chi connectivity index (χ0v) is 25.0. The molecule has 0 saturated carbocycles. The maximum Gasteiger partial charge on any atom is 0.164 e. The zero-order valence-electron chi connectivity index (χ0n) is 25.0. The number of ether oxygens (including phenoxy) is 2. The molecule has 0 aromatic heterocycles. The molecule has 1 atom stereocenters. The van der Waals surface area contributed by atoms with Gasteiger partial charge in [-0.25, -0.2) is 0 Å². The second-order valence-electron chi connectivity index (χ2n) is 12.7. The van der Waals surface area contributed by atoms with Gasteiger partial charge >= 0.3 is 0 Å². The van der Waals surface area contributed by atoms with Crippen molar-refractivity contribution in [1.82, 2.24) is 5.32 Å². The summed E-state index contributed by atoms with van der Waals surface area (Å²) in [5.74, 6) is 0.298. The number of carbonyl (C=O) groups is 2. The summed E-state index contributed by atoms with van der Waals surface area (Å²) in [6.45, 7) is 24.6. The first-order valence-corrected chi connectivity index (χ1v) is 13.5. The number of hydrogen-bond donors (Lipinski definition) is 1. The average molecular weight is 511 g/mol. The summed E-state index contributed by atoms with van der Waals surface area (Å²) in [4.78, 5) is 29.3. The lowest BCUT2D eigenvalue weighted by Gasteiger charge is -2.41. The number of nitrogens with zero attached hydrogens (tertiary/aromatic N) is 3. The van der Waals surface area contributed by atoms with E-state index in [1.807, 2.05) is 55.4 Å². The van der Waals surface area contributed by atoms with Crippen LogP contribution in [0.3, 0.4) is 0 Å². The van der Waals surface area contributed by atoms with Crippen molar-refractivity contribution in [1.29, 1.82) is 0 Å². The minimum Gasteiger partial charge on any atom is -0.378 e. The molecule has 8 heteroatoms. The van der Waals surface area contributed by atoms with Gasteiger partial charge in [0.25, 0.3) is 0 Å². The van der Waals surface area contributed by atoms with Crippen LogP contribution in [-0.4, -0.2) is 56.6 Å². The van der Waals surface area contributed by atoms with E-state index in [-0.39, 0.29) is 29.0 Å². The SMILES string of the molecule is CCC(CC)(NCCOCCOCC(=O)C(C)(CC)C(C)(C)C)C(=O)C(C)(C)CC(C)(C)CN=[N+]=[N-]. The quantitative estimate of drug-likeness (QED) is 0.0919. The Kier molecular flexibility index (Phi) is 13.9. The first kappa shape index (κ1) is 34.5. The van der Waals surface area contributed by atoms with Gasteiger partial charge in [-0.2, -0.15) is 0 Å². The van der Waals surface area contributed by atoms with Crippen molar-refractivity contribution in [2.24, 2.45) is 26.8 Å². The van der Waals surface area contributed by atoms with Crippen LogP contribution in [0, 0.1) is 21.7 Å². The van der Waals surface area contributed by atoms with E-state index in [4.69, 9.17) is 15.0 Å². The molecule has 1 N–H and O–H groups in total. The van der Waals surface area contributed by atoms with E-state index in [1.165, 1.54) is 0 Å². The fraction of sp³-hybridized carbons (Fsp3) is 0.929. The Hall–Kier alpha value is -1.47. The molecule has 0 aliphatic rings. The predicted octanol–water partition coefficient (Wildman–Crippen LogP) is 6.52. The van der Waals surface area contributed by atoms with Crippen molar-refractivity contribution >= 4 is 11.6 Å². The Labute approximate surface area is 220 Å². The topological polar surface area (TPSA) is 113 Å². The smallest absolute Gasteiger partial charge is 0.164 e. The zero-order chi connectivity index (χ0) is 28.3. The summed E-state index contributed by atoms with van der Waals surface area (Å²) >= 11 is 0. The summed E-state index contributed by atoms with van der Waals surface area (Å²) < 4.78 is 11.3. The van der Waals surface area contributed by atoms with Crippen LogP contribution in [0.25, 0.3) is 10.4 Å². The highest BCUT2D eigenvalue weighted by atomic mass is 16.5. The lowest BCUT2D eigenvalue weighted by molar-refractivity contribution is -0.139. The van der Waals surface area contributed by atoms with E-state index < -0.39 is 16.4 Å². The first-order valence-electron chi connectivity index (χ1n) is 13.5. The Morgan fingerprint density at radius 3 is 1.89 bits per heavy atom. The van der Waals surface area contributed by atoms with Crippen LogP contribution in [0.1, 0.15) is 102 Å². The molecule has 0 aliphatic heterocycles. The van der Waals surface area contributed by atoms with Gasteiger partial charge in [0.15, 0.2) is 11.6 Å². The minimum atomic E-state index is -0.637. The fourth-order valence-corrected chi connectivity index (χ4v) is 5.16. The van der Waals surface area contributed by atoms with E-state index in [0.717, 1.165) is 6.42 Å². The summed E-state index contributed by atoms with van der Waals surface area (Å²) in [7, 11) is 0. The molecular weight excluding hydrogens is 456 g/mol. The summed E-state index contributed by atoms with van der Waals surface area (Å²) in [6.07, 6.45) is 2.76. The van der Waals surface area contributed by atoms with Gasteiger partial charge in [0.2, 0.25) is 0 Å². The van der Waals surface area contributed by atoms with Gasteiger partial charge in [0.1, 0.15) is 6.61 Å². The number of rotatable bonds is 19. The van der Waals surface area contributed by atoms with Crippen LogP contribution in [0.15, 0.2) is 5.11 Å². The summed E-state index contributed by atoms with van der Waals surface area (Å²) in [5, 5.41) is 7.19. The molecule has 0 rings (SSSR count). The molecule has 1 unspecified atom stereocenters. The van der Waals surface area contributed by atoms with E-state index in [2.05, 4.69) is 36.1 Å². The molecule has 0 spiro atoms. The fourth-order valence-electron chi connectivity index (χ4n) is 5.16. The number of azide groups is 1. The van der Waals surface area contributed by atoms with Crippen LogP contribution in [-0.2, 0) is 19.1 Å². The third-order valence-corrected chi connectivity index (χ3v) is 8.03. The van der Waals surface area contributed by atoms with E-state index in [1.54, 1.807) is 0 Å². The van der Waals surface area contributed by atoms with E-state index in [0.29, 0.717) is 52.2 Å². The van der Waals surface area contributed by atoms with Crippen molar-refractivity contribution in [3.05, 3.63) is 10.4 Å². The Balaban J connectivity index is 4.74. The second-order valence-corrected chi connectivity index (χ2v) is 12.7. The van der Waals surface area contributed by atoms with Crippen molar-refractivity contribution in [2.75, 3.05) is 39.5 Å². The number of ketones is 2. The van der Waals surface area contributed by atoms with Crippen LogP contribution in [0.2, 0.25) is 0 Å². The van der Waals surface area contributed by atoms with Crippen molar-refractivity contribution in [3.63, 3.8) is 0 Å². The van der Waals surface area contributed by atoms with Gasteiger partial charge in [-0.15, -0.1) is 0 Å². The highest BCUT2D eigenvalue weighted by Crippen LogP contribution is 2.42. The Bertz CT molecular complexity index is 747. The monoisotopic (exact) mass is 510 g/mol. The molecule has 0 saturated heterocycles. The molecule has 0 amide bonds. The standard InChI is InChI=1S/C28H54N4O4/c1-12-27(11,24(4,5)6)22(33)19-36-18-17-35-16-15-30-28(13-2,14-3)23(34)26(9,10)20-25(7,8)21-31-32-29/h30H,12-21H2,1-11H3. The van der Waals surface area contributed by atoms with Crippen LogP contribution >= 0.6 is 0 Å². The molecule has 210 valence electrons. The third-order valence-electron chi connectivity index (χ3n) is 8.03. The Morgan fingerprint density at radius 1 is 0.861 bits per heavy atom. The number of Topliss-reactive ketones (excluding diaryl/α,β-unsaturated/α-hetero) is 2. The summed E-state index contributed by atoms with van der Waals surface area (Å²) in [6, 6.07) is 0. The second kappa shape index (κ2) is 14.5. The van der Waals surface area contributed by atoms with Crippen LogP contribution in [0.5, 0.6) is 0 Å². The van der Waals surface area contributed by atoms with E-state index >= 15 is 0 Å². The molecule has 8 nitrogen and oxygen atoms in total. The highest BCUT2D eigenvalue weighted by Gasteiger charge is 2.45. The maximum atomic E-state index is 13.7. The summed E-state index contributed by atoms with van der Waals surface area (Å²) in [5.41, 5.74) is 6.65. The third kappa shape index (κ3) is 9.77. The number of nitrogens with one attached hydrogen (secondary N) is 1. The van der Waals surface area contributed by atoms with Crippen molar-refractivity contribution in [3.8, 4) is 0 Å². The Morgan fingerprint density at radius 2 is 1.42 bits per heavy atom. The van der Waals surface area contributed by atoms with Gasteiger partial charge in [0.05, 0.1) is 25.4 Å². The molecule has 0 bridgehead atoms. The van der Waals surface area contributed by atoms with Gasteiger partial charge in [-0.3, -0.25) is 9.59 Å². The largest absolute Gasteiger partial charge is 0.378 e. The molecule has 36 heavy (non-hydrogen) atoms. The number of hydrogen-bond acceptors (Lipinski definition) is 6. The predicted molar refractivity (Wildman–Crippen MR) is 147 cm³/mol. The van der Waals surface area contributed by atoms with E-state index in [9.17, 15) is 9.59 Å². The lowest BCUT2D eigenvalue weighted by Crippen LogP contribution is -2.57. The number of carbonyl (C=O) groups excluding carboxylic acids is 2. The average Bonchev–Trinajstić information content (AvgIpc) is 2.79. The molecular formula is C28H54N4O4. The molecule has 0 fully saturated rings. The molecule has 0 aliphatic carbocycles. The van der Waals surface area contributed by atoms with Crippen molar-refractivity contribution < 1.29 is 19.1 Å². The van der Waals surface area contributed by atoms with Crippen molar-refractivity contribution in [2.45, 2.75) is 107 Å². The molecule has 0 aromatic carbocycles. The van der Waals surface area contributed by atoms with Crippen LogP contribution < -0.4 is 5.32 Å².